The lowest BCUT2D eigenvalue weighted by atomic mass is 9.93. The van der Waals surface area contributed by atoms with E-state index in [2.05, 4.69) is 10.1 Å². The molecule has 8 nitrogen and oxygen atoms in total. The van der Waals surface area contributed by atoms with Crippen molar-refractivity contribution in [2.24, 2.45) is 0 Å². The normalized spacial score (nSPS) is 18.3. The second kappa shape index (κ2) is 9.57. The fourth-order valence-corrected chi connectivity index (χ4v) is 4.81. The molecule has 0 unspecified atom stereocenters. The molecule has 13 heteroatoms. The first kappa shape index (κ1) is 25.7. The molecule has 36 heavy (non-hydrogen) atoms. The first-order chi connectivity index (χ1) is 16.6. The molecule has 2 saturated heterocycles. The number of carbonyl (C=O) groups excluding carboxylic acids is 2. The number of nitrogens with two attached hydrogens (primary N) is 1. The second-order valence-electron chi connectivity index (χ2n) is 8.84. The fraction of sp³-hybridized carbons (Fsp3) is 0.391. The van der Waals surface area contributed by atoms with Crippen molar-refractivity contribution in [3.63, 3.8) is 0 Å². The summed E-state index contributed by atoms with van der Waals surface area (Å²) in [5.41, 5.74) is 6.67. The van der Waals surface area contributed by atoms with Gasteiger partial charge in [0.25, 0.3) is 5.91 Å². The number of likely N-dealkylation sites (tertiary alicyclic amines) is 2. The Morgan fingerprint density at radius 1 is 1.17 bits per heavy atom. The minimum atomic E-state index is -4.47. The van der Waals surface area contributed by atoms with Crippen LogP contribution in [0.2, 0.25) is 0 Å². The molecule has 0 aliphatic carbocycles. The topological polar surface area (TPSA) is 97.3 Å². The van der Waals surface area contributed by atoms with Crippen LogP contribution in [0.4, 0.5) is 23.4 Å². The molecule has 2 N–H and O–H groups in total. The Kier molecular flexibility index (Phi) is 6.82. The summed E-state index contributed by atoms with van der Waals surface area (Å²) >= 11 is 0. The van der Waals surface area contributed by atoms with E-state index in [4.69, 9.17) is 5.73 Å². The van der Waals surface area contributed by atoms with Crippen LogP contribution >= 0.6 is 12.4 Å². The van der Waals surface area contributed by atoms with Gasteiger partial charge in [-0.05, 0) is 25.0 Å². The van der Waals surface area contributed by atoms with Crippen LogP contribution in [-0.2, 0) is 11.3 Å². The van der Waals surface area contributed by atoms with Crippen molar-refractivity contribution in [1.29, 1.82) is 0 Å². The number of fused-ring (bicyclic) bond motifs is 1. The summed E-state index contributed by atoms with van der Waals surface area (Å²) in [5, 5.41) is 5.31. The van der Waals surface area contributed by atoms with Crippen molar-refractivity contribution in [3.8, 4) is 0 Å². The van der Waals surface area contributed by atoms with Crippen molar-refractivity contribution in [1.82, 2.24) is 24.6 Å². The van der Waals surface area contributed by atoms with Crippen molar-refractivity contribution >= 4 is 40.9 Å². The lowest BCUT2D eigenvalue weighted by Crippen LogP contribution is -2.49. The first-order valence-corrected chi connectivity index (χ1v) is 11.2. The maximum Gasteiger partial charge on any atom is 0.408 e. The summed E-state index contributed by atoms with van der Waals surface area (Å²) in [5.74, 6) is -2.05. The van der Waals surface area contributed by atoms with Crippen LogP contribution in [0.1, 0.15) is 34.8 Å². The minimum absolute atomic E-state index is 0. The fourth-order valence-electron chi connectivity index (χ4n) is 4.81. The molecular formula is C23H23ClF4N6O2. The molecule has 2 aromatic heterocycles. The number of nitrogen functional groups attached to an aromatic ring is 1. The molecule has 4 heterocycles. The molecule has 2 aliphatic rings. The van der Waals surface area contributed by atoms with Gasteiger partial charge in [-0.1, -0.05) is 18.2 Å². The molecule has 2 amide bonds. The highest BCUT2D eigenvalue weighted by Gasteiger charge is 2.47. The molecule has 0 radical (unpaired) electrons. The zero-order chi connectivity index (χ0) is 24.9. The highest BCUT2D eigenvalue weighted by atomic mass is 35.5. The number of pyridine rings is 1. The summed E-state index contributed by atoms with van der Waals surface area (Å²) in [4.78, 5) is 31.4. The molecule has 2 aliphatic heterocycles. The van der Waals surface area contributed by atoms with E-state index in [1.807, 2.05) is 6.07 Å². The smallest absolute Gasteiger partial charge is 0.384 e. The molecule has 0 bridgehead atoms. The minimum Gasteiger partial charge on any atom is -0.384 e. The Morgan fingerprint density at radius 2 is 1.89 bits per heavy atom. The van der Waals surface area contributed by atoms with Gasteiger partial charge in [0.1, 0.15) is 18.4 Å². The third kappa shape index (κ3) is 4.57. The van der Waals surface area contributed by atoms with E-state index in [1.165, 1.54) is 15.6 Å². The predicted molar refractivity (Wildman–Crippen MR) is 125 cm³/mol. The maximum atomic E-state index is 14.0. The van der Waals surface area contributed by atoms with E-state index >= 15 is 0 Å². The van der Waals surface area contributed by atoms with Crippen LogP contribution in [0, 0.1) is 5.82 Å². The number of hydrogen-bond donors (Lipinski definition) is 1. The zero-order valence-corrected chi connectivity index (χ0v) is 19.7. The first-order valence-electron chi connectivity index (χ1n) is 11.2. The number of aromatic nitrogens is 3. The molecule has 3 aromatic rings. The molecule has 0 spiro atoms. The SMILES string of the molecule is Cl.Nc1cc(C(=O)N2CC(c3nn(CC(=O)N4CCC[C@H]4C(F)(F)F)c4ccccc34)C2)c(F)cn1. The van der Waals surface area contributed by atoms with Crippen molar-refractivity contribution in [2.45, 2.75) is 37.5 Å². The summed E-state index contributed by atoms with van der Waals surface area (Å²) in [6, 6.07) is 6.55. The number of benzene rings is 1. The predicted octanol–water partition coefficient (Wildman–Crippen LogP) is 3.37. The summed E-state index contributed by atoms with van der Waals surface area (Å²) in [7, 11) is 0. The number of alkyl halides is 3. The lowest BCUT2D eigenvalue weighted by molar-refractivity contribution is -0.183. The Morgan fingerprint density at radius 3 is 2.61 bits per heavy atom. The van der Waals surface area contributed by atoms with E-state index in [-0.39, 0.29) is 62.3 Å². The molecule has 2 fully saturated rings. The van der Waals surface area contributed by atoms with Gasteiger partial charge in [-0.25, -0.2) is 9.37 Å². The second-order valence-corrected chi connectivity index (χ2v) is 8.84. The summed E-state index contributed by atoms with van der Waals surface area (Å²) < 4.78 is 55.4. The Hall–Kier alpha value is -3.41. The number of para-hydroxylation sites is 1. The maximum absolute atomic E-state index is 14.0. The van der Waals surface area contributed by atoms with Gasteiger partial charge in [-0.3, -0.25) is 14.3 Å². The monoisotopic (exact) mass is 526 g/mol. The number of anilines is 1. The van der Waals surface area contributed by atoms with E-state index in [0.29, 0.717) is 17.6 Å². The lowest BCUT2D eigenvalue weighted by Gasteiger charge is -2.38. The van der Waals surface area contributed by atoms with Gasteiger partial charge < -0.3 is 15.5 Å². The van der Waals surface area contributed by atoms with Crippen LogP contribution in [0.15, 0.2) is 36.5 Å². The van der Waals surface area contributed by atoms with E-state index in [0.717, 1.165) is 16.5 Å². The number of amides is 2. The quantitative estimate of drug-likeness (QED) is 0.526. The average Bonchev–Trinajstić information content (AvgIpc) is 3.41. The molecular weight excluding hydrogens is 504 g/mol. The van der Waals surface area contributed by atoms with Crippen LogP contribution in [-0.4, -0.2) is 68.2 Å². The van der Waals surface area contributed by atoms with Crippen LogP contribution in [0.5, 0.6) is 0 Å². The highest BCUT2D eigenvalue weighted by molar-refractivity contribution is 5.96. The van der Waals surface area contributed by atoms with Crippen molar-refractivity contribution in [3.05, 3.63) is 53.6 Å². The summed E-state index contributed by atoms with van der Waals surface area (Å²) in [6.45, 7) is 0.296. The van der Waals surface area contributed by atoms with Gasteiger partial charge in [0.15, 0.2) is 5.82 Å². The van der Waals surface area contributed by atoms with Gasteiger partial charge in [0.2, 0.25) is 5.91 Å². The van der Waals surface area contributed by atoms with Gasteiger partial charge in [-0.15, -0.1) is 12.4 Å². The largest absolute Gasteiger partial charge is 0.408 e. The van der Waals surface area contributed by atoms with Crippen molar-refractivity contribution in [2.75, 3.05) is 25.4 Å². The Labute approximate surface area is 209 Å². The van der Waals surface area contributed by atoms with Crippen LogP contribution < -0.4 is 5.73 Å². The Balaban J connectivity index is 0.00000304. The number of nitrogens with zero attached hydrogens (tertiary/aromatic N) is 5. The third-order valence-corrected chi connectivity index (χ3v) is 6.58. The molecule has 5 rings (SSSR count). The van der Waals surface area contributed by atoms with Gasteiger partial charge in [0.05, 0.1) is 23.0 Å². The standard InChI is InChI=1S/C23H22F4N6O2.ClH/c24-16-9-29-19(28)8-15(16)22(35)31-10-13(11-31)21-14-4-1-2-5-17(14)33(30-21)12-20(34)32-7-3-6-18(32)23(25,26)27;/h1-2,4-5,8-9,13,18H,3,6-7,10-12H2,(H2,28,29);1H/t18-;/m0./s1. The molecule has 0 saturated carbocycles. The molecule has 192 valence electrons. The zero-order valence-electron chi connectivity index (χ0n) is 18.9. The summed E-state index contributed by atoms with van der Waals surface area (Å²) in [6.07, 6.45) is -3.37. The van der Waals surface area contributed by atoms with Gasteiger partial charge >= 0.3 is 6.18 Å². The van der Waals surface area contributed by atoms with Crippen LogP contribution in [0.3, 0.4) is 0 Å². The number of halogens is 5. The van der Waals surface area contributed by atoms with Gasteiger partial charge in [-0.2, -0.15) is 18.3 Å². The number of hydrogen-bond acceptors (Lipinski definition) is 5. The van der Waals surface area contributed by atoms with E-state index in [9.17, 15) is 27.2 Å². The van der Waals surface area contributed by atoms with Crippen LogP contribution in [0.25, 0.3) is 10.9 Å². The number of rotatable bonds is 4. The van der Waals surface area contributed by atoms with E-state index < -0.39 is 29.8 Å². The Bertz CT molecular complexity index is 1310. The van der Waals surface area contributed by atoms with Crippen molar-refractivity contribution < 1.29 is 27.2 Å². The van der Waals surface area contributed by atoms with E-state index in [1.54, 1.807) is 18.2 Å². The van der Waals surface area contributed by atoms with Gasteiger partial charge in [0, 0.05) is 30.9 Å². The third-order valence-electron chi connectivity index (χ3n) is 6.58. The average molecular weight is 527 g/mol. The molecule has 1 aromatic carbocycles. The number of carbonyl (C=O) groups is 2. The molecule has 1 atom stereocenters. The highest BCUT2D eigenvalue weighted by Crippen LogP contribution is 2.35.